The molecule has 2 N–H and O–H groups in total. The molecule has 8 nitrogen and oxygen atoms in total. The van der Waals surface area contributed by atoms with E-state index >= 15 is 0 Å². The molecule has 0 aromatic heterocycles. The van der Waals surface area contributed by atoms with E-state index in [1.165, 1.54) is 0 Å². The van der Waals surface area contributed by atoms with Crippen LogP contribution >= 0.6 is 0 Å². The Hall–Kier alpha value is 1.23. The smallest absolute Gasteiger partial charge is 1.00 e. The normalized spacial score (nSPS) is 4.80. The Morgan fingerprint density at radius 1 is 1.10 bits per heavy atom. The van der Waals surface area contributed by atoms with Crippen molar-refractivity contribution in [3.63, 3.8) is 0 Å². The summed E-state index contributed by atoms with van der Waals surface area (Å²) in [6.45, 7) is 0. The minimum Gasteiger partial charge on any atom is -1.00 e. The molecule has 0 aromatic carbocycles. The Balaban J connectivity index is -0.00000000600. The van der Waals surface area contributed by atoms with Gasteiger partial charge < -0.3 is 16.1 Å². The van der Waals surface area contributed by atoms with Gasteiger partial charge in [0.1, 0.15) is 0 Å². The van der Waals surface area contributed by atoms with Crippen LogP contribution in [0.1, 0.15) is 5.71 Å². The predicted octanol–water partition coefficient (Wildman–Crippen LogP) is -1.01. The summed E-state index contributed by atoms with van der Waals surface area (Å²) in [5.41, 5.74) is 0. The molecule has 0 saturated heterocycles. The average molecular weight is 307 g/mol. The van der Waals surface area contributed by atoms with Crippen molar-refractivity contribution < 1.29 is 26.3 Å². The Bertz CT molecular complexity index is 85.8. The molecule has 0 atom stereocenters. The van der Waals surface area contributed by atoms with Crippen LogP contribution in [0.4, 0.5) is 0 Å². The molecule has 0 aliphatic rings. The summed E-state index contributed by atoms with van der Waals surface area (Å²) in [6.07, 6.45) is 0. The third-order valence-electron chi connectivity index (χ3n) is 0. The van der Waals surface area contributed by atoms with Crippen molar-refractivity contribution in [1.29, 1.82) is 0 Å². The predicted molar refractivity (Wildman–Crippen MR) is 33.5 cm³/mol. The van der Waals surface area contributed by atoms with Gasteiger partial charge in [-0.15, -0.1) is 20.2 Å². The maximum Gasteiger partial charge on any atom is 2.00 e. The van der Waals surface area contributed by atoms with Crippen LogP contribution in [-0.2, 0) is 0 Å². The molecule has 10 heavy (non-hydrogen) atoms. The molecule has 0 bridgehead atoms. The molecule has 0 aliphatic heterocycles. The number of hydrogen-bond acceptors (Lipinski definition) is 4. The van der Waals surface area contributed by atoms with Crippen LogP contribution in [0.2, 0.25) is 0 Å². The van der Waals surface area contributed by atoms with Crippen molar-refractivity contribution in [2.45, 2.75) is 0 Å². The maximum atomic E-state index is 8.36. The third-order valence-corrected chi connectivity index (χ3v) is 0. The van der Waals surface area contributed by atoms with Crippen LogP contribution in [0.15, 0.2) is 0 Å². The zero-order valence-corrected chi connectivity index (χ0v) is 11.5. The molecule has 0 heterocycles. The monoisotopic (exact) mass is 308 g/mol. The van der Waals surface area contributed by atoms with Gasteiger partial charge in [0.2, 0.25) is 0 Å². The Labute approximate surface area is 131 Å². The zero-order chi connectivity index (χ0) is 7.15. The first-order valence-corrected chi connectivity index (χ1v) is 1.13. The minimum absolute atomic E-state index is 0. The van der Waals surface area contributed by atoms with Gasteiger partial charge >= 0.3 is 86.6 Å². The summed E-state index contributed by atoms with van der Waals surface area (Å²) in [7, 11) is 0. The van der Waals surface area contributed by atoms with Crippen LogP contribution in [-0.4, -0.2) is 107 Å². The fraction of sp³-hybridized carbons (Fsp3) is 0. The van der Waals surface area contributed by atoms with Gasteiger partial charge in [-0.1, -0.05) is 0 Å². The second kappa shape index (κ2) is 16.7. The van der Waals surface area contributed by atoms with Crippen molar-refractivity contribution in [2.75, 3.05) is 0 Å². The van der Waals surface area contributed by atoms with Gasteiger partial charge in [0.05, 0.1) is 0 Å². The Morgan fingerprint density at radius 2 is 1.10 bits per heavy atom. The molecule has 0 aromatic rings. The van der Waals surface area contributed by atoms with E-state index in [1.54, 1.807) is 0 Å². The van der Waals surface area contributed by atoms with Crippen LogP contribution in [0.5, 0.6) is 0 Å². The minimum atomic E-state index is -1.50. The van der Waals surface area contributed by atoms with Gasteiger partial charge in [0.25, 0.3) is 10.2 Å². The summed E-state index contributed by atoms with van der Waals surface area (Å²) < 4.78 is 0. The van der Waals surface area contributed by atoms with Gasteiger partial charge in [-0.25, -0.2) is 0 Å². The summed E-state index contributed by atoms with van der Waals surface area (Å²) in [5.74, 6) is 0. The molecule has 0 saturated carbocycles. The molecule has 56 valence electrons. The van der Waals surface area contributed by atoms with E-state index in [4.69, 9.17) is 30.6 Å². The molecule has 10 heteroatoms. The summed E-state index contributed by atoms with van der Waals surface area (Å²) in [6, 6.07) is 0. The second-order valence-corrected chi connectivity index (χ2v) is 0.476. The van der Waals surface area contributed by atoms with Crippen molar-refractivity contribution >= 4 is 86.6 Å². The standard InChI is InChI=1S/Ba.Ca.2HNO3.4H/c;;2*2-1(3)4;;;;/h;;2*(H,2,3,4);;;;/q2*+2;;;4*-1. The number of rotatable bonds is 0. The Kier molecular flexibility index (Phi) is 37.5. The molecule has 0 radical (unpaired) electrons. The van der Waals surface area contributed by atoms with E-state index < -0.39 is 10.2 Å². The third kappa shape index (κ3) is 413. The molecule has 0 spiro atoms. The van der Waals surface area contributed by atoms with E-state index in [-0.39, 0.29) is 92.3 Å². The first-order chi connectivity index (χ1) is 3.46. The van der Waals surface area contributed by atoms with Gasteiger partial charge in [-0.2, -0.15) is 0 Å². The summed E-state index contributed by atoms with van der Waals surface area (Å²) >= 11 is 0. The number of hydrogen-bond donors (Lipinski definition) is 2. The van der Waals surface area contributed by atoms with Crippen LogP contribution in [0, 0.1) is 20.2 Å². The Morgan fingerprint density at radius 3 is 1.10 bits per heavy atom. The molecular formula is H6BaCaN2O6. The van der Waals surface area contributed by atoms with Crippen LogP contribution < -0.4 is 0 Å². The van der Waals surface area contributed by atoms with Crippen molar-refractivity contribution in [1.82, 2.24) is 0 Å². The van der Waals surface area contributed by atoms with E-state index in [2.05, 4.69) is 0 Å². The SMILES string of the molecule is O=[N+]([O-])O.O=[N+]([O-])O.[Ba+2].[Ca+2].[H-].[H-].[H-].[H-]. The molecule has 0 unspecified atom stereocenters. The van der Waals surface area contributed by atoms with E-state index in [0.717, 1.165) is 0 Å². The van der Waals surface area contributed by atoms with Gasteiger partial charge in [-0.3, -0.25) is 0 Å². The number of nitrogens with zero attached hydrogens (tertiary/aromatic N) is 2. The van der Waals surface area contributed by atoms with Crippen LogP contribution in [0.3, 0.4) is 0 Å². The molecule has 0 fully saturated rings. The van der Waals surface area contributed by atoms with Crippen molar-refractivity contribution in [3.05, 3.63) is 20.2 Å². The fourth-order valence-corrected chi connectivity index (χ4v) is 0. The van der Waals surface area contributed by atoms with E-state index in [1.807, 2.05) is 0 Å². The van der Waals surface area contributed by atoms with Crippen molar-refractivity contribution in [2.24, 2.45) is 0 Å². The molecule has 0 rings (SSSR count). The van der Waals surface area contributed by atoms with Gasteiger partial charge in [-0.05, 0) is 0 Å². The maximum absolute atomic E-state index is 8.36. The zero-order valence-electron chi connectivity index (χ0n) is 8.84. The second-order valence-electron chi connectivity index (χ2n) is 0.476. The summed E-state index contributed by atoms with van der Waals surface area (Å²) in [5, 5.41) is 27.3. The van der Waals surface area contributed by atoms with E-state index in [0.29, 0.717) is 0 Å². The molecular weight excluding hydrogens is 301 g/mol. The first kappa shape index (κ1) is 22.5. The van der Waals surface area contributed by atoms with Crippen molar-refractivity contribution in [3.8, 4) is 0 Å². The molecule has 0 amide bonds. The van der Waals surface area contributed by atoms with E-state index in [9.17, 15) is 0 Å². The largest absolute Gasteiger partial charge is 2.00 e. The van der Waals surface area contributed by atoms with Gasteiger partial charge in [0.15, 0.2) is 0 Å². The first-order valence-electron chi connectivity index (χ1n) is 1.13. The topological polar surface area (TPSA) is 127 Å². The fourth-order valence-electron chi connectivity index (χ4n) is 0. The van der Waals surface area contributed by atoms with Crippen LogP contribution in [0.25, 0.3) is 0 Å². The van der Waals surface area contributed by atoms with Gasteiger partial charge in [0, 0.05) is 0 Å². The average Bonchev–Trinajstić information content (AvgIpc) is 1.25. The molecule has 0 aliphatic carbocycles. The summed E-state index contributed by atoms with van der Waals surface area (Å²) in [4.78, 5) is 16.7. The quantitative estimate of drug-likeness (QED) is 0.335.